The molecule has 1 saturated heterocycles. The van der Waals surface area contributed by atoms with Gasteiger partial charge in [0.2, 0.25) is 0 Å². The predicted molar refractivity (Wildman–Crippen MR) is 123 cm³/mol. The van der Waals surface area contributed by atoms with E-state index in [4.69, 9.17) is 45.6 Å². The molecule has 0 radical (unpaired) electrons. The van der Waals surface area contributed by atoms with E-state index in [2.05, 4.69) is 21.9 Å². The first-order valence-corrected chi connectivity index (χ1v) is 10.6. The van der Waals surface area contributed by atoms with Gasteiger partial charge in [0.1, 0.15) is 5.75 Å². The van der Waals surface area contributed by atoms with Crippen molar-refractivity contribution in [2.24, 2.45) is 0 Å². The summed E-state index contributed by atoms with van der Waals surface area (Å²) in [4.78, 5) is 23.1. The van der Waals surface area contributed by atoms with Gasteiger partial charge in [-0.05, 0) is 23.8 Å². The summed E-state index contributed by atoms with van der Waals surface area (Å²) in [5, 5.41) is 15.6. The van der Waals surface area contributed by atoms with Crippen LogP contribution in [0.5, 0.6) is 17.2 Å². The quantitative estimate of drug-likeness (QED) is 0.578. The van der Waals surface area contributed by atoms with Crippen molar-refractivity contribution in [3.8, 4) is 17.2 Å². The second kappa shape index (κ2) is 12.9. The maximum absolute atomic E-state index is 9.10. The Bertz CT molecular complexity index is 917. The first kappa shape index (κ1) is 26.2. The van der Waals surface area contributed by atoms with Crippen molar-refractivity contribution in [3.63, 3.8) is 0 Å². The first-order chi connectivity index (χ1) is 15.8. The Kier molecular flexibility index (Phi) is 10.2. The number of carboxylic acids is 2. The van der Waals surface area contributed by atoms with E-state index in [0.717, 1.165) is 61.4 Å². The number of rotatable bonds is 7. The molecular weight excluding hydrogens is 452 g/mol. The molecule has 0 bridgehead atoms. The molecule has 0 spiro atoms. The van der Waals surface area contributed by atoms with Gasteiger partial charge in [-0.15, -0.1) is 0 Å². The third kappa shape index (κ3) is 8.12. The Balaban J connectivity index is 0.000000569. The minimum Gasteiger partial charge on any atom is -0.496 e. The van der Waals surface area contributed by atoms with Crippen LogP contribution in [0.2, 0.25) is 5.02 Å². The zero-order valence-corrected chi connectivity index (χ0v) is 19.7. The van der Waals surface area contributed by atoms with Gasteiger partial charge in [-0.25, -0.2) is 9.59 Å². The lowest BCUT2D eigenvalue weighted by atomic mass is 10.1. The highest BCUT2D eigenvalue weighted by atomic mass is 35.5. The van der Waals surface area contributed by atoms with Gasteiger partial charge in [0.25, 0.3) is 0 Å². The number of carbonyl (C=O) groups is 2. The van der Waals surface area contributed by atoms with Gasteiger partial charge in [0.15, 0.2) is 11.5 Å². The standard InChI is InChI=1S/C21H27ClN2O3.C2H2O4/c1-25-19-13-21(27-3)20(26-2)12-17(19)15-24-10-8-23(9-11-24)14-16-4-6-18(22)7-5-16;3-1(4)2(5)6/h4-7,12-13H,8-11,14-15H2,1-3H3;(H,3,4)(H,5,6). The maximum atomic E-state index is 9.10. The van der Waals surface area contributed by atoms with Crippen LogP contribution in [-0.4, -0.2) is 79.5 Å². The van der Waals surface area contributed by atoms with Gasteiger partial charge >= 0.3 is 11.9 Å². The van der Waals surface area contributed by atoms with Crippen LogP contribution in [0, 0.1) is 0 Å². The third-order valence-corrected chi connectivity index (χ3v) is 5.40. The topological polar surface area (TPSA) is 109 Å². The van der Waals surface area contributed by atoms with Crippen molar-refractivity contribution in [1.82, 2.24) is 9.80 Å². The maximum Gasteiger partial charge on any atom is 0.414 e. The number of nitrogens with zero attached hydrogens (tertiary/aromatic N) is 2. The fourth-order valence-electron chi connectivity index (χ4n) is 3.41. The summed E-state index contributed by atoms with van der Waals surface area (Å²) in [5.74, 6) is -1.40. The van der Waals surface area contributed by atoms with Crippen LogP contribution >= 0.6 is 11.6 Å². The molecule has 10 heteroatoms. The van der Waals surface area contributed by atoms with Crippen LogP contribution in [0.4, 0.5) is 0 Å². The van der Waals surface area contributed by atoms with E-state index >= 15 is 0 Å². The van der Waals surface area contributed by atoms with E-state index in [1.54, 1.807) is 21.3 Å². The summed E-state index contributed by atoms with van der Waals surface area (Å²) in [6, 6.07) is 12.0. The molecule has 3 rings (SSSR count). The fraction of sp³-hybridized carbons (Fsp3) is 0.391. The lowest BCUT2D eigenvalue weighted by molar-refractivity contribution is -0.159. The number of carboxylic acid groups (broad SMARTS) is 2. The van der Waals surface area contributed by atoms with Gasteiger partial charge in [-0.1, -0.05) is 23.7 Å². The average molecular weight is 481 g/mol. The predicted octanol–water partition coefficient (Wildman–Crippen LogP) is 2.84. The van der Waals surface area contributed by atoms with Gasteiger partial charge in [-0.3, -0.25) is 9.80 Å². The molecule has 33 heavy (non-hydrogen) atoms. The lowest BCUT2D eigenvalue weighted by Gasteiger charge is -2.35. The van der Waals surface area contributed by atoms with Gasteiger partial charge in [-0.2, -0.15) is 0 Å². The smallest absolute Gasteiger partial charge is 0.414 e. The van der Waals surface area contributed by atoms with E-state index in [9.17, 15) is 0 Å². The second-order valence-electron chi connectivity index (χ2n) is 7.31. The SMILES string of the molecule is COc1cc(OC)c(OC)cc1CN1CCN(Cc2ccc(Cl)cc2)CC1.O=C(O)C(=O)O. The highest BCUT2D eigenvalue weighted by Gasteiger charge is 2.20. The Morgan fingerprint density at radius 1 is 0.788 bits per heavy atom. The molecule has 0 amide bonds. The number of piperazine rings is 1. The van der Waals surface area contributed by atoms with Crippen LogP contribution in [0.25, 0.3) is 0 Å². The van der Waals surface area contributed by atoms with Crippen molar-refractivity contribution in [2.45, 2.75) is 13.1 Å². The Hall–Kier alpha value is -3.01. The van der Waals surface area contributed by atoms with Crippen LogP contribution in [-0.2, 0) is 22.7 Å². The number of hydrogen-bond donors (Lipinski definition) is 2. The minimum absolute atomic E-state index is 0.686. The number of ether oxygens (including phenoxy) is 3. The molecule has 0 aliphatic carbocycles. The molecule has 2 aromatic rings. The summed E-state index contributed by atoms with van der Waals surface area (Å²) in [7, 11) is 4.98. The molecule has 0 aromatic heterocycles. The highest BCUT2D eigenvalue weighted by Crippen LogP contribution is 2.35. The van der Waals surface area contributed by atoms with Crippen molar-refractivity contribution in [3.05, 3.63) is 52.5 Å². The van der Waals surface area contributed by atoms with Crippen LogP contribution in [0.3, 0.4) is 0 Å². The summed E-state index contributed by atoms with van der Waals surface area (Å²) >= 11 is 5.97. The fourth-order valence-corrected chi connectivity index (χ4v) is 3.54. The van der Waals surface area contributed by atoms with Crippen molar-refractivity contribution < 1.29 is 34.0 Å². The summed E-state index contributed by atoms with van der Waals surface area (Å²) in [6.45, 7) is 5.91. The van der Waals surface area contributed by atoms with Crippen LogP contribution in [0.15, 0.2) is 36.4 Å². The number of hydrogen-bond acceptors (Lipinski definition) is 7. The number of benzene rings is 2. The Morgan fingerprint density at radius 3 is 1.70 bits per heavy atom. The molecule has 1 aliphatic heterocycles. The van der Waals surface area contributed by atoms with Gasteiger partial charge < -0.3 is 24.4 Å². The van der Waals surface area contributed by atoms with E-state index in [0.29, 0.717) is 5.75 Å². The van der Waals surface area contributed by atoms with E-state index in [1.807, 2.05) is 24.3 Å². The molecule has 0 saturated carbocycles. The zero-order valence-electron chi connectivity index (χ0n) is 18.9. The molecule has 9 nitrogen and oxygen atoms in total. The number of methoxy groups -OCH3 is 3. The van der Waals surface area contributed by atoms with Crippen molar-refractivity contribution in [2.75, 3.05) is 47.5 Å². The van der Waals surface area contributed by atoms with Gasteiger partial charge in [0.05, 0.1) is 21.3 Å². The Morgan fingerprint density at radius 2 is 1.24 bits per heavy atom. The molecule has 2 aromatic carbocycles. The molecule has 0 unspecified atom stereocenters. The molecule has 0 atom stereocenters. The van der Waals surface area contributed by atoms with Crippen molar-refractivity contribution >= 4 is 23.5 Å². The normalized spacial score (nSPS) is 14.1. The van der Waals surface area contributed by atoms with E-state index in [-0.39, 0.29) is 0 Å². The highest BCUT2D eigenvalue weighted by molar-refractivity contribution is 6.30. The molecular formula is C23H29ClN2O7. The minimum atomic E-state index is -1.82. The van der Waals surface area contributed by atoms with E-state index in [1.165, 1.54) is 5.56 Å². The summed E-state index contributed by atoms with van der Waals surface area (Å²) in [5.41, 5.74) is 2.41. The molecule has 180 valence electrons. The van der Waals surface area contributed by atoms with Crippen molar-refractivity contribution in [1.29, 1.82) is 0 Å². The largest absolute Gasteiger partial charge is 0.496 e. The monoisotopic (exact) mass is 480 g/mol. The third-order valence-electron chi connectivity index (χ3n) is 5.15. The van der Waals surface area contributed by atoms with Crippen LogP contribution in [0.1, 0.15) is 11.1 Å². The average Bonchev–Trinajstić information content (AvgIpc) is 2.81. The van der Waals surface area contributed by atoms with E-state index < -0.39 is 11.9 Å². The zero-order chi connectivity index (χ0) is 24.4. The summed E-state index contributed by atoms with van der Waals surface area (Å²) < 4.78 is 16.4. The number of aliphatic carboxylic acids is 2. The molecule has 2 N–H and O–H groups in total. The molecule has 1 aliphatic rings. The molecule has 1 fully saturated rings. The van der Waals surface area contributed by atoms with Crippen LogP contribution < -0.4 is 14.2 Å². The molecule has 1 heterocycles. The van der Waals surface area contributed by atoms with Gasteiger partial charge in [0, 0.05) is 55.9 Å². The second-order valence-corrected chi connectivity index (χ2v) is 7.74. The Labute approximate surface area is 198 Å². The summed E-state index contributed by atoms with van der Waals surface area (Å²) in [6.07, 6.45) is 0. The lowest BCUT2D eigenvalue weighted by Crippen LogP contribution is -2.45. The number of halogens is 1. The first-order valence-electron chi connectivity index (χ1n) is 10.2.